The summed E-state index contributed by atoms with van der Waals surface area (Å²) in [6.45, 7) is 5.98. The lowest BCUT2D eigenvalue weighted by Gasteiger charge is -2.25. The van der Waals surface area contributed by atoms with Gasteiger partial charge >= 0.3 is 0 Å². The smallest absolute Gasteiger partial charge is 0.252 e. The number of hydrogen-bond donors (Lipinski definition) is 2. The van der Waals surface area contributed by atoms with Gasteiger partial charge < -0.3 is 10.4 Å². The van der Waals surface area contributed by atoms with E-state index in [1.807, 2.05) is 20.8 Å². The van der Waals surface area contributed by atoms with Crippen molar-refractivity contribution in [1.82, 2.24) is 5.32 Å². The largest absolute Gasteiger partial charge is 0.391 e. The van der Waals surface area contributed by atoms with Gasteiger partial charge in [-0.05, 0) is 39.5 Å². The van der Waals surface area contributed by atoms with Gasteiger partial charge in [0.05, 0.1) is 11.7 Å². The SMILES string of the molecule is CC(C)(C)C(O)CNC(=O)c1ccc(Cl)cc1Br. The van der Waals surface area contributed by atoms with Crippen LogP contribution in [-0.2, 0) is 0 Å². The van der Waals surface area contributed by atoms with Gasteiger partial charge in [-0.1, -0.05) is 32.4 Å². The highest BCUT2D eigenvalue weighted by atomic mass is 79.9. The second kappa shape index (κ2) is 6.04. The number of nitrogens with one attached hydrogen (secondary N) is 1. The van der Waals surface area contributed by atoms with Crippen LogP contribution in [-0.4, -0.2) is 23.7 Å². The number of aliphatic hydroxyl groups is 1. The predicted octanol–water partition coefficient (Wildman–Crippen LogP) is 3.24. The number of hydrogen-bond acceptors (Lipinski definition) is 2. The van der Waals surface area contributed by atoms with Crippen LogP contribution in [0.15, 0.2) is 22.7 Å². The molecule has 0 bridgehead atoms. The first-order valence-electron chi connectivity index (χ1n) is 5.63. The van der Waals surface area contributed by atoms with E-state index in [1.165, 1.54) is 0 Å². The normalized spacial score (nSPS) is 13.2. The van der Waals surface area contributed by atoms with E-state index in [-0.39, 0.29) is 17.9 Å². The molecule has 0 saturated carbocycles. The number of benzene rings is 1. The number of carbonyl (C=O) groups excluding carboxylic acids is 1. The van der Waals surface area contributed by atoms with Gasteiger partial charge in [0.25, 0.3) is 5.91 Å². The summed E-state index contributed by atoms with van der Waals surface area (Å²) < 4.78 is 0.637. The third-order valence-electron chi connectivity index (χ3n) is 2.63. The van der Waals surface area contributed by atoms with Crippen LogP contribution in [0.5, 0.6) is 0 Å². The van der Waals surface area contributed by atoms with E-state index in [0.29, 0.717) is 15.1 Å². The van der Waals surface area contributed by atoms with Crippen LogP contribution in [0.4, 0.5) is 0 Å². The van der Waals surface area contributed by atoms with E-state index in [2.05, 4.69) is 21.2 Å². The number of amides is 1. The molecule has 0 saturated heterocycles. The topological polar surface area (TPSA) is 49.3 Å². The van der Waals surface area contributed by atoms with Gasteiger partial charge in [-0.3, -0.25) is 4.79 Å². The van der Waals surface area contributed by atoms with Crippen LogP contribution in [0.3, 0.4) is 0 Å². The predicted molar refractivity (Wildman–Crippen MR) is 76.9 cm³/mol. The number of rotatable bonds is 3. The third kappa shape index (κ3) is 4.26. The minimum absolute atomic E-state index is 0.220. The molecular weight excluding hydrogens is 318 g/mol. The number of aliphatic hydroxyl groups excluding tert-OH is 1. The molecule has 0 fully saturated rings. The van der Waals surface area contributed by atoms with Crippen LogP contribution in [0.1, 0.15) is 31.1 Å². The van der Waals surface area contributed by atoms with Crippen LogP contribution in [0.25, 0.3) is 0 Å². The van der Waals surface area contributed by atoms with Crippen molar-refractivity contribution in [3.05, 3.63) is 33.3 Å². The van der Waals surface area contributed by atoms with E-state index in [9.17, 15) is 9.90 Å². The van der Waals surface area contributed by atoms with E-state index in [1.54, 1.807) is 18.2 Å². The molecule has 100 valence electrons. The molecule has 5 heteroatoms. The molecule has 0 aliphatic heterocycles. The zero-order chi connectivity index (χ0) is 13.9. The van der Waals surface area contributed by atoms with Crippen molar-refractivity contribution in [2.75, 3.05) is 6.54 Å². The van der Waals surface area contributed by atoms with Crippen LogP contribution in [0.2, 0.25) is 5.02 Å². The molecule has 3 nitrogen and oxygen atoms in total. The lowest BCUT2D eigenvalue weighted by atomic mass is 9.89. The van der Waals surface area contributed by atoms with Gasteiger partial charge in [0.15, 0.2) is 0 Å². The summed E-state index contributed by atoms with van der Waals surface area (Å²) in [4.78, 5) is 11.9. The van der Waals surface area contributed by atoms with Crippen molar-refractivity contribution in [1.29, 1.82) is 0 Å². The van der Waals surface area contributed by atoms with Gasteiger partial charge in [-0.2, -0.15) is 0 Å². The van der Waals surface area contributed by atoms with Gasteiger partial charge in [0, 0.05) is 16.0 Å². The Morgan fingerprint density at radius 3 is 2.61 bits per heavy atom. The van der Waals surface area contributed by atoms with Gasteiger partial charge in [0.2, 0.25) is 0 Å². The van der Waals surface area contributed by atoms with Crippen molar-refractivity contribution in [2.45, 2.75) is 26.9 Å². The Hall–Kier alpha value is -0.580. The molecular formula is C13H17BrClNO2. The average Bonchev–Trinajstić information content (AvgIpc) is 2.24. The molecule has 0 aliphatic carbocycles. The van der Waals surface area contributed by atoms with Crippen molar-refractivity contribution >= 4 is 33.4 Å². The highest BCUT2D eigenvalue weighted by molar-refractivity contribution is 9.10. The fraction of sp³-hybridized carbons (Fsp3) is 0.462. The van der Waals surface area contributed by atoms with Gasteiger partial charge in [-0.15, -0.1) is 0 Å². The molecule has 1 unspecified atom stereocenters. The summed E-state index contributed by atoms with van der Waals surface area (Å²) >= 11 is 9.09. The molecule has 0 aromatic heterocycles. The first-order valence-corrected chi connectivity index (χ1v) is 6.80. The first-order chi connectivity index (χ1) is 8.21. The molecule has 1 aromatic carbocycles. The molecule has 18 heavy (non-hydrogen) atoms. The highest BCUT2D eigenvalue weighted by Gasteiger charge is 2.22. The Kier molecular flexibility index (Phi) is 5.20. The Morgan fingerprint density at radius 2 is 2.11 bits per heavy atom. The van der Waals surface area contributed by atoms with Crippen LogP contribution >= 0.6 is 27.5 Å². The third-order valence-corrected chi connectivity index (χ3v) is 3.52. The highest BCUT2D eigenvalue weighted by Crippen LogP contribution is 2.22. The van der Waals surface area contributed by atoms with E-state index < -0.39 is 6.10 Å². The Bertz CT molecular complexity index is 443. The summed E-state index contributed by atoms with van der Waals surface area (Å²) in [5.41, 5.74) is 0.241. The Labute approximate surface area is 121 Å². The molecule has 1 rings (SSSR count). The Balaban J connectivity index is 2.66. The fourth-order valence-electron chi connectivity index (χ4n) is 1.26. The molecule has 0 radical (unpaired) electrons. The van der Waals surface area contributed by atoms with Gasteiger partial charge in [0.1, 0.15) is 0 Å². The van der Waals surface area contributed by atoms with E-state index >= 15 is 0 Å². The van der Waals surface area contributed by atoms with Crippen molar-refractivity contribution < 1.29 is 9.90 Å². The monoisotopic (exact) mass is 333 g/mol. The van der Waals surface area contributed by atoms with Crippen LogP contribution < -0.4 is 5.32 Å². The van der Waals surface area contributed by atoms with E-state index in [4.69, 9.17) is 11.6 Å². The molecule has 1 amide bonds. The zero-order valence-corrected chi connectivity index (χ0v) is 13.0. The molecule has 0 aliphatic rings. The number of carbonyl (C=O) groups is 1. The molecule has 1 atom stereocenters. The molecule has 0 spiro atoms. The lowest BCUT2D eigenvalue weighted by Crippen LogP contribution is -2.39. The summed E-state index contributed by atoms with van der Waals surface area (Å²) in [5.74, 6) is -0.234. The maximum Gasteiger partial charge on any atom is 0.252 e. The molecule has 2 N–H and O–H groups in total. The Morgan fingerprint density at radius 1 is 1.50 bits per heavy atom. The summed E-state index contributed by atoms with van der Waals surface area (Å²) in [6, 6.07) is 4.96. The van der Waals surface area contributed by atoms with Gasteiger partial charge in [-0.25, -0.2) is 0 Å². The second-order valence-corrected chi connectivity index (χ2v) is 6.51. The minimum Gasteiger partial charge on any atom is -0.391 e. The van der Waals surface area contributed by atoms with Crippen molar-refractivity contribution in [3.8, 4) is 0 Å². The maximum atomic E-state index is 11.9. The second-order valence-electron chi connectivity index (χ2n) is 5.22. The molecule has 0 heterocycles. The first kappa shape index (κ1) is 15.5. The lowest BCUT2D eigenvalue weighted by molar-refractivity contribution is 0.0586. The summed E-state index contributed by atoms with van der Waals surface area (Å²) in [7, 11) is 0. The number of halogens is 2. The quantitative estimate of drug-likeness (QED) is 0.891. The standard InChI is InChI=1S/C13H17BrClNO2/c1-13(2,3)11(17)7-16-12(18)9-5-4-8(15)6-10(9)14/h4-6,11,17H,7H2,1-3H3,(H,16,18). The van der Waals surface area contributed by atoms with Crippen LogP contribution in [0, 0.1) is 5.41 Å². The maximum absolute atomic E-state index is 11.9. The minimum atomic E-state index is -0.590. The summed E-state index contributed by atoms with van der Waals surface area (Å²) in [5, 5.41) is 13.1. The average molecular weight is 335 g/mol. The fourth-order valence-corrected chi connectivity index (χ4v) is 2.13. The molecule has 1 aromatic rings. The zero-order valence-electron chi connectivity index (χ0n) is 10.6. The van der Waals surface area contributed by atoms with Crippen molar-refractivity contribution in [3.63, 3.8) is 0 Å². The summed E-state index contributed by atoms with van der Waals surface area (Å²) in [6.07, 6.45) is -0.590. The van der Waals surface area contributed by atoms with Crippen molar-refractivity contribution in [2.24, 2.45) is 5.41 Å². The van der Waals surface area contributed by atoms with E-state index in [0.717, 1.165) is 0 Å².